The molecule has 10 nitrogen and oxygen atoms in total. The van der Waals surface area contributed by atoms with E-state index in [1.165, 1.54) is 12.1 Å². The zero-order chi connectivity index (χ0) is 24.9. The predicted molar refractivity (Wildman–Crippen MR) is 126 cm³/mol. The molecule has 0 saturated carbocycles. The van der Waals surface area contributed by atoms with E-state index in [9.17, 15) is 18.0 Å². The van der Waals surface area contributed by atoms with Gasteiger partial charge in [-0.05, 0) is 44.2 Å². The minimum atomic E-state index is -3.81. The van der Waals surface area contributed by atoms with Gasteiger partial charge in [-0.15, -0.1) is 0 Å². The topological polar surface area (TPSA) is 148 Å². The standard InChI is InChI=1S/C22H22ClN3O7S/c1-13-20(24-22(29)32-14(2)17-5-3-4-6-18(17)23)21(33-25-13)15-7-9-16(10-8-15)26-34(30,31)12-11-19(27)28/h3-10,14,26H,11-12H2,1-2H3,(H,24,29)(H,27,28). The Hall–Kier alpha value is -3.57. The molecule has 180 valence electrons. The lowest BCUT2D eigenvalue weighted by Gasteiger charge is -2.15. The molecule has 12 heteroatoms. The number of rotatable bonds is 9. The van der Waals surface area contributed by atoms with Crippen LogP contribution in [0.15, 0.2) is 53.1 Å². The number of sulfonamides is 1. The molecule has 0 spiro atoms. The Labute approximate surface area is 200 Å². The monoisotopic (exact) mass is 507 g/mol. The second kappa shape index (κ2) is 10.6. The van der Waals surface area contributed by atoms with Crippen molar-refractivity contribution in [3.05, 3.63) is 64.8 Å². The van der Waals surface area contributed by atoms with E-state index in [-0.39, 0.29) is 11.4 Å². The molecular formula is C22H22ClN3O7S. The van der Waals surface area contributed by atoms with Gasteiger partial charge in [0.2, 0.25) is 10.0 Å². The van der Waals surface area contributed by atoms with Crippen LogP contribution in [0.2, 0.25) is 5.02 Å². The zero-order valence-corrected chi connectivity index (χ0v) is 19.8. The first kappa shape index (κ1) is 25.1. The molecule has 1 aromatic heterocycles. The second-order valence-corrected chi connectivity index (χ2v) is 9.56. The van der Waals surface area contributed by atoms with Crippen molar-refractivity contribution in [3.8, 4) is 11.3 Å². The van der Waals surface area contributed by atoms with Crippen LogP contribution in [0.25, 0.3) is 11.3 Å². The molecule has 0 radical (unpaired) electrons. The molecule has 1 unspecified atom stereocenters. The van der Waals surface area contributed by atoms with Gasteiger partial charge in [-0.25, -0.2) is 13.2 Å². The van der Waals surface area contributed by atoms with Crippen LogP contribution in [0, 0.1) is 6.92 Å². The molecule has 0 fully saturated rings. The summed E-state index contributed by atoms with van der Waals surface area (Å²) in [7, 11) is -3.81. The Balaban J connectivity index is 1.71. The predicted octanol–water partition coefficient (Wildman–Crippen LogP) is 4.83. The highest BCUT2D eigenvalue weighted by Gasteiger charge is 2.21. The summed E-state index contributed by atoms with van der Waals surface area (Å²) < 4.78 is 37.0. The van der Waals surface area contributed by atoms with Crippen LogP contribution in [0.5, 0.6) is 0 Å². The van der Waals surface area contributed by atoms with Crippen molar-refractivity contribution >= 4 is 45.1 Å². The minimum absolute atomic E-state index is 0.243. The molecule has 1 heterocycles. The van der Waals surface area contributed by atoms with Crippen molar-refractivity contribution in [3.63, 3.8) is 0 Å². The summed E-state index contributed by atoms with van der Waals surface area (Å²) in [5.74, 6) is -1.50. The summed E-state index contributed by atoms with van der Waals surface area (Å²) >= 11 is 6.15. The molecule has 3 aromatic rings. The number of nitrogens with one attached hydrogen (secondary N) is 2. The molecule has 2 aromatic carbocycles. The fraction of sp³-hybridized carbons (Fsp3) is 0.227. The van der Waals surface area contributed by atoms with Gasteiger partial charge in [-0.2, -0.15) is 0 Å². The number of carboxylic acids is 1. The molecule has 0 bridgehead atoms. The van der Waals surface area contributed by atoms with Crippen molar-refractivity contribution in [2.75, 3.05) is 15.8 Å². The van der Waals surface area contributed by atoms with Crippen LogP contribution in [-0.2, 0) is 19.6 Å². The number of aromatic nitrogens is 1. The van der Waals surface area contributed by atoms with Gasteiger partial charge in [-0.3, -0.25) is 14.8 Å². The number of benzene rings is 2. The first-order valence-electron chi connectivity index (χ1n) is 10.1. The quantitative estimate of drug-likeness (QED) is 0.373. The van der Waals surface area contributed by atoms with Crippen molar-refractivity contribution in [1.29, 1.82) is 0 Å². The van der Waals surface area contributed by atoms with E-state index in [1.807, 2.05) is 0 Å². The van der Waals surface area contributed by atoms with Crippen molar-refractivity contribution in [2.45, 2.75) is 26.4 Å². The first-order chi connectivity index (χ1) is 16.1. The smallest absolute Gasteiger partial charge is 0.412 e. The molecular weight excluding hydrogens is 486 g/mol. The maximum Gasteiger partial charge on any atom is 0.412 e. The highest BCUT2D eigenvalue weighted by molar-refractivity contribution is 7.92. The molecule has 1 amide bonds. The molecule has 0 saturated heterocycles. The third-order valence-electron chi connectivity index (χ3n) is 4.72. The Morgan fingerprint density at radius 2 is 1.85 bits per heavy atom. The Morgan fingerprint density at radius 3 is 2.50 bits per heavy atom. The minimum Gasteiger partial charge on any atom is -0.481 e. The van der Waals surface area contributed by atoms with Crippen LogP contribution in [0.4, 0.5) is 16.2 Å². The molecule has 0 aliphatic heterocycles. The summed E-state index contributed by atoms with van der Waals surface area (Å²) in [4.78, 5) is 23.1. The third kappa shape index (κ3) is 6.49. The number of hydrogen-bond acceptors (Lipinski definition) is 7. The molecule has 3 rings (SSSR count). The van der Waals surface area contributed by atoms with Crippen molar-refractivity contribution in [2.24, 2.45) is 0 Å². The molecule has 0 aliphatic rings. The van der Waals surface area contributed by atoms with E-state index in [4.69, 9.17) is 26.0 Å². The van der Waals surface area contributed by atoms with E-state index in [2.05, 4.69) is 15.2 Å². The number of hydrogen-bond donors (Lipinski definition) is 3. The van der Waals surface area contributed by atoms with E-state index in [0.717, 1.165) is 0 Å². The average molecular weight is 508 g/mol. The van der Waals surface area contributed by atoms with Gasteiger partial charge in [0.25, 0.3) is 0 Å². The Bertz CT molecular complexity index is 1290. The van der Waals surface area contributed by atoms with Crippen LogP contribution >= 0.6 is 11.6 Å². The number of halogens is 1. The number of aliphatic carboxylic acids is 1. The number of carboxylic acid groups (broad SMARTS) is 1. The number of nitrogens with zero attached hydrogens (tertiary/aromatic N) is 1. The van der Waals surface area contributed by atoms with E-state index in [0.29, 0.717) is 27.5 Å². The highest BCUT2D eigenvalue weighted by atomic mass is 35.5. The molecule has 0 aliphatic carbocycles. The molecule has 3 N–H and O–H groups in total. The highest BCUT2D eigenvalue weighted by Crippen LogP contribution is 2.32. The van der Waals surface area contributed by atoms with Gasteiger partial charge in [0.05, 0.1) is 12.2 Å². The normalized spacial score (nSPS) is 12.1. The van der Waals surface area contributed by atoms with Gasteiger partial charge in [0.15, 0.2) is 5.76 Å². The molecule has 1 atom stereocenters. The number of ether oxygens (including phenoxy) is 1. The zero-order valence-electron chi connectivity index (χ0n) is 18.2. The van der Waals surface area contributed by atoms with E-state index in [1.54, 1.807) is 50.2 Å². The van der Waals surface area contributed by atoms with Gasteiger partial charge in [0.1, 0.15) is 17.5 Å². The van der Waals surface area contributed by atoms with Crippen LogP contribution < -0.4 is 10.0 Å². The lowest BCUT2D eigenvalue weighted by Crippen LogP contribution is -2.18. The summed E-state index contributed by atoms with van der Waals surface area (Å²) in [5.41, 5.74) is 2.13. The van der Waals surface area contributed by atoms with E-state index >= 15 is 0 Å². The van der Waals surface area contributed by atoms with Crippen LogP contribution in [0.1, 0.15) is 30.7 Å². The number of amides is 1. The number of aryl methyl sites for hydroxylation is 1. The Morgan fingerprint density at radius 1 is 1.18 bits per heavy atom. The summed E-state index contributed by atoms with van der Waals surface area (Å²) in [6.07, 6.45) is -1.85. The molecule has 34 heavy (non-hydrogen) atoms. The maximum atomic E-state index is 12.5. The third-order valence-corrected chi connectivity index (χ3v) is 6.35. The largest absolute Gasteiger partial charge is 0.481 e. The summed E-state index contributed by atoms with van der Waals surface area (Å²) in [5, 5.41) is 15.7. The Kier molecular flexibility index (Phi) is 7.79. The lowest BCUT2D eigenvalue weighted by molar-refractivity contribution is -0.136. The first-order valence-corrected chi connectivity index (χ1v) is 12.1. The fourth-order valence-electron chi connectivity index (χ4n) is 3.02. The summed E-state index contributed by atoms with van der Waals surface area (Å²) in [6.45, 7) is 3.34. The van der Waals surface area contributed by atoms with Crippen LogP contribution in [0.3, 0.4) is 0 Å². The number of anilines is 2. The maximum absolute atomic E-state index is 12.5. The average Bonchev–Trinajstić information content (AvgIpc) is 3.13. The van der Waals surface area contributed by atoms with Crippen LogP contribution in [-0.4, -0.2) is 36.5 Å². The summed E-state index contributed by atoms with van der Waals surface area (Å²) in [6, 6.07) is 13.1. The second-order valence-electron chi connectivity index (χ2n) is 7.31. The lowest BCUT2D eigenvalue weighted by atomic mass is 10.1. The van der Waals surface area contributed by atoms with E-state index < -0.39 is 40.4 Å². The van der Waals surface area contributed by atoms with Crippen molar-refractivity contribution < 1.29 is 32.4 Å². The van der Waals surface area contributed by atoms with Crippen molar-refractivity contribution in [1.82, 2.24) is 5.16 Å². The van der Waals surface area contributed by atoms with Gasteiger partial charge >= 0.3 is 12.1 Å². The SMILES string of the molecule is Cc1noc(-c2ccc(NS(=O)(=O)CCC(=O)O)cc2)c1NC(=O)OC(C)c1ccccc1Cl. The van der Waals surface area contributed by atoms with Gasteiger partial charge in [-0.1, -0.05) is 35.0 Å². The number of carbonyl (C=O) groups is 2. The number of carbonyl (C=O) groups excluding carboxylic acids is 1. The van der Waals surface area contributed by atoms with Gasteiger partial charge < -0.3 is 14.4 Å². The van der Waals surface area contributed by atoms with Gasteiger partial charge in [0, 0.05) is 21.8 Å². The fourth-order valence-corrected chi connectivity index (χ4v) is 4.35.